The zero-order valence-electron chi connectivity index (χ0n) is 10.5. The number of nitriles is 1. The van der Waals surface area contributed by atoms with Crippen molar-refractivity contribution >= 4 is 10.9 Å². The molecule has 0 spiro atoms. The molecule has 0 aliphatic heterocycles. The van der Waals surface area contributed by atoms with Crippen LogP contribution < -0.4 is 10.1 Å². The van der Waals surface area contributed by atoms with Crippen LogP contribution in [-0.2, 0) is 0 Å². The van der Waals surface area contributed by atoms with Gasteiger partial charge >= 0.3 is 0 Å². The van der Waals surface area contributed by atoms with Gasteiger partial charge in [-0.15, -0.1) is 0 Å². The Kier molecular flexibility index (Phi) is 3.45. The summed E-state index contributed by atoms with van der Waals surface area (Å²) in [6.45, 7) is 2.07. The number of ether oxygens (including phenoxy) is 1. The van der Waals surface area contributed by atoms with Crippen molar-refractivity contribution in [3.8, 4) is 11.8 Å². The van der Waals surface area contributed by atoms with E-state index in [0.29, 0.717) is 5.75 Å². The van der Waals surface area contributed by atoms with E-state index in [1.165, 1.54) is 0 Å². The number of pyridine rings is 1. The molecule has 1 aromatic heterocycles. The van der Waals surface area contributed by atoms with Crippen LogP contribution in [0.25, 0.3) is 10.9 Å². The number of hydrogen-bond donors (Lipinski definition) is 1. The molecule has 2 aromatic rings. The van der Waals surface area contributed by atoms with Crippen LogP contribution in [0.4, 0.5) is 0 Å². The van der Waals surface area contributed by atoms with E-state index < -0.39 is 5.54 Å². The summed E-state index contributed by atoms with van der Waals surface area (Å²) in [6.07, 6.45) is 1.73. The summed E-state index contributed by atoms with van der Waals surface area (Å²) in [5.74, 6) is 0.699. The van der Waals surface area contributed by atoms with Gasteiger partial charge in [0.2, 0.25) is 0 Å². The quantitative estimate of drug-likeness (QED) is 0.890. The van der Waals surface area contributed by atoms with Crippen LogP contribution in [0, 0.1) is 11.3 Å². The Morgan fingerprint density at radius 2 is 2.17 bits per heavy atom. The van der Waals surface area contributed by atoms with Gasteiger partial charge < -0.3 is 4.74 Å². The van der Waals surface area contributed by atoms with Crippen molar-refractivity contribution in [2.75, 3.05) is 13.7 Å². The lowest BCUT2D eigenvalue weighted by Crippen LogP contribution is -2.43. The van der Waals surface area contributed by atoms with Crippen LogP contribution in [0.1, 0.15) is 6.92 Å². The maximum Gasteiger partial charge on any atom is 0.145 e. The Hall–Kier alpha value is -2.12. The number of aromatic nitrogens is 1. The third-order valence-corrected chi connectivity index (χ3v) is 2.91. The summed E-state index contributed by atoms with van der Waals surface area (Å²) >= 11 is 0. The molecule has 1 N–H and O–H groups in total. The lowest BCUT2D eigenvalue weighted by atomic mass is 10.1. The average molecular weight is 241 g/mol. The van der Waals surface area contributed by atoms with Gasteiger partial charge in [0.1, 0.15) is 23.4 Å². The zero-order chi connectivity index (χ0) is 13.0. The molecule has 0 radical (unpaired) electrons. The van der Waals surface area contributed by atoms with Crippen molar-refractivity contribution < 1.29 is 4.74 Å². The standard InChI is InChI=1S/C14H15N3O/c1-14(9-15,16-2)10-18-12-7-3-5-11-6-4-8-17-13(11)12/h3-8,16H,10H2,1-2H3. The molecule has 4 nitrogen and oxygen atoms in total. The number of nitrogens with one attached hydrogen (secondary N) is 1. The first-order valence-electron chi connectivity index (χ1n) is 5.75. The van der Waals surface area contributed by atoms with Crippen molar-refractivity contribution in [3.05, 3.63) is 36.5 Å². The second-order valence-corrected chi connectivity index (χ2v) is 4.31. The second kappa shape index (κ2) is 5.03. The topological polar surface area (TPSA) is 57.9 Å². The molecule has 1 unspecified atom stereocenters. The Bertz CT molecular complexity index is 586. The van der Waals surface area contributed by atoms with E-state index >= 15 is 0 Å². The van der Waals surface area contributed by atoms with Crippen molar-refractivity contribution in [2.45, 2.75) is 12.5 Å². The smallest absolute Gasteiger partial charge is 0.145 e. The van der Waals surface area contributed by atoms with E-state index in [0.717, 1.165) is 10.9 Å². The normalized spacial score (nSPS) is 13.8. The van der Waals surface area contributed by atoms with Crippen molar-refractivity contribution in [1.82, 2.24) is 10.3 Å². The van der Waals surface area contributed by atoms with Gasteiger partial charge in [-0.1, -0.05) is 18.2 Å². The highest BCUT2D eigenvalue weighted by atomic mass is 16.5. The third kappa shape index (κ3) is 2.41. The number of hydrogen-bond acceptors (Lipinski definition) is 4. The summed E-state index contributed by atoms with van der Waals surface area (Å²) in [5, 5.41) is 13.0. The van der Waals surface area contributed by atoms with Crippen LogP contribution in [0.2, 0.25) is 0 Å². The van der Waals surface area contributed by atoms with Gasteiger partial charge in [-0.05, 0) is 26.1 Å². The SMILES string of the molecule is CNC(C)(C#N)COc1cccc2cccnc12. The van der Waals surface area contributed by atoms with Gasteiger partial charge in [0.05, 0.1) is 6.07 Å². The molecular weight excluding hydrogens is 226 g/mol. The summed E-state index contributed by atoms with van der Waals surface area (Å²) in [6, 6.07) is 11.8. The minimum Gasteiger partial charge on any atom is -0.488 e. The molecule has 1 atom stereocenters. The van der Waals surface area contributed by atoms with Gasteiger partial charge in [-0.3, -0.25) is 10.3 Å². The fourth-order valence-electron chi connectivity index (χ4n) is 1.58. The fraction of sp³-hybridized carbons (Fsp3) is 0.286. The molecular formula is C14H15N3O. The number of para-hydroxylation sites is 1. The van der Waals surface area contributed by atoms with Gasteiger partial charge in [0, 0.05) is 11.6 Å². The highest BCUT2D eigenvalue weighted by Gasteiger charge is 2.22. The summed E-state index contributed by atoms with van der Waals surface area (Å²) < 4.78 is 5.72. The van der Waals surface area contributed by atoms with Crippen LogP contribution >= 0.6 is 0 Å². The van der Waals surface area contributed by atoms with Crippen LogP contribution in [0.15, 0.2) is 36.5 Å². The van der Waals surface area contributed by atoms with Gasteiger partial charge in [0.25, 0.3) is 0 Å². The molecule has 0 saturated carbocycles. The van der Waals surface area contributed by atoms with Gasteiger partial charge in [-0.2, -0.15) is 5.26 Å². The Labute approximate surface area is 106 Å². The van der Waals surface area contributed by atoms with Crippen molar-refractivity contribution in [1.29, 1.82) is 5.26 Å². The molecule has 0 aliphatic rings. The van der Waals surface area contributed by atoms with E-state index in [-0.39, 0.29) is 6.61 Å². The summed E-state index contributed by atoms with van der Waals surface area (Å²) in [5.41, 5.74) is 0.119. The molecule has 1 heterocycles. The maximum absolute atomic E-state index is 9.07. The third-order valence-electron chi connectivity index (χ3n) is 2.91. The molecule has 2 rings (SSSR count). The number of benzene rings is 1. The average Bonchev–Trinajstić information content (AvgIpc) is 2.44. The Morgan fingerprint density at radius 1 is 1.39 bits per heavy atom. The lowest BCUT2D eigenvalue weighted by molar-refractivity contribution is 0.244. The highest BCUT2D eigenvalue weighted by molar-refractivity contribution is 5.84. The van der Waals surface area contributed by atoms with Crippen LogP contribution in [-0.4, -0.2) is 24.2 Å². The molecule has 0 saturated heterocycles. The number of likely N-dealkylation sites (N-methyl/N-ethyl adjacent to an activating group) is 1. The maximum atomic E-state index is 9.07. The minimum absolute atomic E-state index is 0.273. The fourth-order valence-corrected chi connectivity index (χ4v) is 1.58. The first kappa shape index (κ1) is 12.3. The molecule has 0 bridgehead atoms. The van der Waals surface area contributed by atoms with E-state index in [1.807, 2.05) is 30.3 Å². The molecule has 4 heteroatoms. The van der Waals surface area contributed by atoms with Gasteiger partial charge in [0.15, 0.2) is 0 Å². The second-order valence-electron chi connectivity index (χ2n) is 4.31. The molecule has 18 heavy (non-hydrogen) atoms. The van der Waals surface area contributed by atoms with E-state index in [1.54, 1.807) is 20.2 Å². The van der Waals surface area contributed by atoms with Crippen molar-refractivity contribution in [2.24, 2.45) is 0 Å². The van der Waals surface area contributed by atoms with Crippen LogP contribution in [0.5, 0.6) is 5.75 Å². The van der Waals surface area contributed by atoms with E-state index in [2.05, 4.69) is 16.4 Å². The number of nitrogens with zero attached hydrogens (tertiary/aromatic N) is 2. The predicted molar refractivity (Wildman–Crippen MR) is 70.3 cm³/mol. The minimum atomic E-state index is -0.697. The largest absolute Gasteiger partial charge is 0.488 e. The molecule has 0 fully saturated rings. The molecule has 92 valence electrons. The number of fused-ring (bicyclic) bond motifs is 1. The molecule has 1 aromatic carbocycles. The molecule has 0 aliphatic carbocycles. The molecule has 0 amide bonds. The van der Waals surface area contributed by atoms with Gasteiger partial charge in [-0.25, -0.2) is 0 Å². The first-order chi connectivity index (χ1) is 8.68. The van der Waals surface area contributed by atoms with E-state index in [4.69, 9.17) is 10.00 Å². The van der Waals surface area contributed by atoms with E-state index in [9.17, 15) is 0 Å². The zero-order valence-corrected chi connectivity index (χ0v) is 10.5. The van der Waals surface area contributed by atoms with Crippen molar-refractivity contribution in [3.63, 3.8) is 0 Å². The Balaban J connectivity index is 2.25. The Morgan fingerprint density at radius 3 is 2.89 bits per heavy atom. The highest BCUT2D eigenvalue weighted by Crippen LogP contribution is 2.23. The summed E-state index contributed by atoms with van der Waals surface area (Å²) in [7, 11) is 1.74. The summed E-state index contributed by atoms with van der Waals surface area (Å²) in [4.78, 5) is 4.31. The monoisotopic (exact) mass is 241 g/mol. The first-order valence-corrected chi connectivity index (χ1v) is 5.75. The van der Waals surface area contributed by atoms with Crippen LogP contribution in [0.3, 0.4) is 0 Å². The number of rotatable bonds is 4. The lowest BCUT2D eigenvalue weighted by Gasteiger charge is -2.21. The predicted octanol–water partition coefficient (Wildman–Crippen LogP) is 2.12.